The van der Waals surface area contributed by atoms with Gasteiger partial charge in [0.05, 0.1) is 4.90 Å². The van der Waals surface area contributed by atoms with Crippen molar-refractivity contribution in [2.24, 2.45) is 0 Å². The molecule has 154 valence electrons. The third-order valence-corrected chi connectivity index (χ3v) is 7.73. The summed E-state index contributed by atoms with van der Waals surface area (Å²) in [5.74, 6) is -0.100. The highest BCUT2D eigenvalue weighted by Gasteiger charge is 2.28. The molecule has 1 unspecified atom stereocenters. The minimum Gasteiger partial charge on any atom is -0.360 e. The van der Waals surface area contributed by atoms with Crippen LogP contribution >= 0.6 is 0 Å². The third-order valence-electron chi connectivity index (χ3n) is 5.82. The van der Waals surface area contributed by atoms with Gasteiger partial charge in [0.15, 0.2) is 0 Å². The van der Waals surface area contributed by atoms with Crippen molar-refractivity contribution in [2.75, 3.05) is 29.9 Å². The fourth-order valence-electron chi connectivity index (χ4n) is 4.14. The maximum atomic E-state index is 12.8. The molecule has 0 aromatic heterocycles. The first-order valence-electron chi connectivity index (χ1n) is 10.2. The number of anilines is 2. The van der Waals surface area contributed by atoms with Gasteiger partial charge < -0.3 is 10.2 Å². The van der Waals surface area contributed by atoms with Gasteiger partial charge in [0.2, 0.25) is 15.9 Å². The molecule has 1 fully saturated rings. The van der Waals surface area contributed by atoms with E-state index in [1.807, 2.05) is 19.1 Å². The Hall–Kier alpha value is -2.38. The summed E-state index contributed by atoms with van der Waals surface area (Å²) in [6, 6.07) is 14.4. The lowest BCUT2D eigenvalue weighted by atomic mass is 10.00. The molecule has 0 radical (unpaired) electrons. The normalized spacial score (nSPS) is 18.3. The van der Waals surface area contributed by atoms with Gasteiger partial charge >= 0.3 is 0 Å². The molecule has 0 spiro atoms. The number of para-hydroxylation sites is 1. The molecule has 0 bridgehead atoms. The van der Waals surface area contributed by atoms with Gasteiger partial charge in [0, 0.05) is 31.0 Å². The molecule has 1 saturated heterocycles. The molecule has 1 atom stereocenters. The lowest BCUT2D eigenvalue weighted by molar-refractivity contribution is -0.117. The van der Waals surface area contributed by atoms with Crippen molar-refractivity contribution < 1.29 is 13.2 Å². The van der Waals surface area contributed by atoms with Crippen LogP contribution in [-0.2, 0) is 21.2 Å². The summed E-state index contributed by atoms with van der Waals surface area (Å²) in [7, 11) is -3.44. The maximum Gasteiger partial charge on any atom is 0.246 e. The number of carbonyl (C=O) groups excluding carboxylic acids is 1. The Kier molecular flexibility index (Phi) is 5.61. The van der Waals surface area contributed by atoms with E-state index in [2.05, 4.69) is 22.3 Å². The lowest BCUT2D eigenvalue weighted by Gasteiger charge is -2.35. The predicted octanol–water partition coefficient (Wildman–Crippen LogP) is 3.25. The van der Waals surface area contributed by atoms with Crippen molar-refractivity contribution in [3.05, 3.63) is 54.1 Å². The Balaban J connectivity index is 1.45. The van der Waals surface area contributed by atoms with E-state index in [4.69, 9.17) is 0 Å². The minimum atomic E-state index is -3.44. The first-order valence-corrected chi connectivity index (χ1v) is 11.7. The molecular weight excluding hydrogens is 386 g/mol. The summed E-state index contributed by atoms with van der Waals surface area (Å²) in [4.78, 5) is 15.2. The summed E-state index contributed by atoms with van der Waals surface area (Å²) in [6.07, 6.45) is 3.88. The molecule has 2 aliphatic rings. The van der Waals surface area contributed by atoms with Crippen LogP contribution in [0, 0.1) is 0 Å². The van der Waals surface area contributed by atoms with E-state index < -0.39 is 10.0 Å². The monoisotopic (exact) mass is 413 g/mol. The number of aryl methyl sites for hydroxylation is 1. The second-order valence-corrected chi connectivity index (χ2v) is 9.66. The molecule has 1 amide bonds. The molecule has 4 rings (SSSR count). The van der Waals surface area contributed by atoms with Gasteiger partial charge in [0.25, 0.3) is 0 Å². The molecule has 29 heavy (non-hydrogen) atoms. The highest BCUT2D eigenvalue weighted by Crippen LogP contribution is 2.29. The van der Waals surface area contributed by atoms with Gasteiger partial charge in [-0.2, -0.15) is 4.31 Å². The average Bonchev–Trinajstić information content (AvgIpc) is 3.29. The van der Waals surface area contributed by atoms with Crippen molar-refractivity contribution in [1.82, 2.24) is 4.31 Å². The quantitative estimate of drug-likeness (QED) is 0.817. The van der Waals surface area contributed by atoms with E-state index in [9.17, 15) is 13.2 Å². The van der Waals surface area contributed by atoms with E-state index in [0.717, 1.165) is 37.9 Å². The van der Waals surface area contributed by atoms with Crippen LogP contribution in [0.2, 0.25) is 0 Å². The van der Waals surface area contributed by atoms with Gasteiger partial charge in [-0.15, -0.1) is 0 Å². The summed E-state index contributed by atoms with van der Waals surface area (Å²) in [5.41, 5.74) is 3.00. The van der Waals surface area contributed by atoms with Crippen LogP contribution in [0.15, 0.2) is 53.4 Å². The zero-order chi connectivity index (χ0) is 20.4. The second-order valence-electron chi connectivity index (χ2n) is 7.73. The van der Waals surface area contributed by atoms with Crippen molar-refractivity contribution in [1.29, 1.82) is 0 Å². The van der Waals surface area contributed by atoms with Crippen LogP contribution in [0.5, 0.6) is 0 Å². The Morgan fingerprint density at radius 3 is 2.38 bits per heavy atom. The van der Waals surface area contributed by atoms with Gasteiger partial charge in [-0.25, -0.2) is 8.42 Å². The molecule has 6 nitrogen and oxygen atoms in total. The zero-order valence-corrected chi connectivity index (χ0v) is 17.5. The van der Waals surface area contributed by atoms with E-state index in [-0.39, 0.29) is 16.8 Å². The fourth-order valence-corrected chi connectivity index (χ4v) is 5.66. The molecule has 7 heteroatoms. The van der Waals surface area contributed by atoms with Crippen LogP contribution < -0.4 is 10.2 Å². The Morgan fingerprint density at radius 1 is 0.966 bits per heavy atom. The van der Waals surface area contributed by atoms with E-state index >= 15 is 0 Å². The second kappa shape index (κ2) is 8.16. The number of hydrogen-bond donors (Lipinski definition) is 1. The van der Waals surface area contributed by atoms with E-state index in [1.165, 1.54) is 9.87 Å². The predicted molar refractivity (Wildman–Crippen MR) is 115 cm³/mol. The molecular formula is C22H27N3O3S. The number of rotatable bonds is 5. The lowest BCUT2D eigenvalue weighted by Crippen LogP contribution is -2.44. The average molecular weight is 414 g/mol. The molecule has 2 heterocycles. The number of hydrogen-bond acceptors (Lipinski definition) is 4. The molecule has 0 aliphatic carbocycles. The first kappa shape index (κ1) is 19.9. The molecule has 2 aliphatic heterocycles. The smallest absolute Gasteiger partial charge is 0.246 e. The minimum absolute atomic E-state index is 0.100. The van der Waals surface area contributed by atoms with Gasteiger partial charge in [-0.1, -0.05) is 18.2 Å². The van der Waals surface area contributed by atoms with Crippen molar-refractivity contribution in [2.45, 2.75) is 43.5 Å². The van der Waals surface area contributed by atoms with Crippen LogP contribution in [0.4, 0.5) is 11.4 Å². The number of benzene rings is 2. The van der Waals surface area contributed by atoms with E-state index in [1.54, 1.807) is 24.3 Å². The maximum absolute atomic E-state index is 12.8. The Bertz CT molecular complexity index is 983. The summed E-state index contributed by atoms with van der Waals surface area (Å²) < 4.78 is 26.8. The Morgan fingerprint density at radius 2 is 1.66 bits per heavy atom. The van der Waals surface area contributed by atoms with Gasteiger partial charge in [-0.05, 0) is 68.5 Å². The number of carbonyl (C=O) groups is 1. The van der Waals surface area contributed by atoms with Crippen molar-refractivity contribution in [3.8, 4) is 0 Å². The topological polar surface area (TPSA) is 69.7 Å². The number of nitrogens with zero attached hydrogens (tertiary/aromatic N) is 2. The van der Waals surface area contributed by atoms with Crippen molar-refractivity contribution >= 4 is 27.3 Å². The number of sulfonamides is 1. The SMILES string of the molecule is CC(C(=O)Nc1ccc(S(=O)(=O)N2CCCC2)cc1)N1CCCc2ccccc21. The first-order chi connectivity index (χ1) is 14.0. The zero-order valence-electron chi connectivity index (χ0n) is 16.7. The van der Waals surface area contributed by atoms with Crippen LogP contribution in [0.25, 0.3) is 0 Å². The Labute approximate surface area is 172 Å². The van der Waals surface area contributed by atoms with E-state index in [0.29, 0.717) is 18.8 Å². The molecule has 1 N–H and O–H groups in total. The molecule has 0 saturated carbocycles. The van der Waals surface area contributed by atoms with Gasteiger partial charge in [-0.3, -0.25) is 4.79 Å². The standard InChI is InChI=1S/C22H27N3O3S/c1-17(25-16-6-8-18-7-2-3-9-21(18)25)22(26)23-19-10-12-20(13-11-19)29(27,28)24-14-4-5-15-24/h2-3,7,9-13,17H,4-6,8,14-16H2,1H3,(H,23,26). The van der Waals surface area contributed by atoms with Crippen molar-refractivity contribution in [3.63, 3.8) is 0 Å². The summed E-state index contributed by atoms with van der Waals surface area (Å²) in [6.45, 7) is 3.91. The summed E-state index contributed by atoms with van der Waals surface area (Å²) in [5, 5.41) is 2.93. The molecule has 2 aromatic carbocycles. The van der Waals surface area contributed by atoms with Crippen LogP contribution in [0.1, 0.15) is 31.7 Å². The highest BCUT2D eigenvalue weighted by atomic mass is 32.2. The van der Waals surface area contributed by atoms with Gasteiger partial charge in [0.1, 0.15) is 6.04 Å². The third kappa shape index (κ3) is 4.02. The number of amides is 1. The van der Waals surface area contributed by atoms with Crippen LogP contribution in [-0.4, -0.2) is 44.3 Å². The fraction of sp³-hybridized carbons (Fsp3) is 0.409. The number of nitrogens with one attached hydrogen (secondary N) is 1. The highest BCUT2D eigenvalue weighted by molar-refractivity contribution is 7.89. The summed E-state index contributed by atoms with van der Waals surface area (Å²) >= 11 is 0. The number of fused-ring (bicyclic) bond motifs is 1. The van der Waals surface area contributed by atoms with Crippen LogP contribution in [0.3, 0.4) is 0 Å². The molecule has 2 aromatic rings. The largest absolute Gasteiger partial charge is 0.360 e.